The van der Waals surface area contributed by atoms with Crippen LogP contribution in [0.15, 0.2) is 42.0 Å². The zero-order valence-electron chi connectivity index (χ0n) is 28.5. The van der Waals surface area contributed by atoms with Crippen molar-refractivity contribution in [3.8, 4) is 5.75 Å². The van der Waals surface area contributed by atoms with Crippen LogP contribution in [0.4, 0.5) is 0 Å². The van der Waals surface area contributed by atoms with E-state index in [2.05, 4.69) is 40.7 Å². The summed E-state index contributed by atoms with van der Waals surface area (Å²) in [5.74, 6) is -0.769. The van der Waals surface area contributed by atoms with Crippen LogP contribution in [0.25, 0.3) is 6.08 Å². The number of carbonyl (C=O) groups excluding carboxylic acids is 1. The van der Waals surface area contributed by atoms with Gasteiger partial charge in [0.2, 0.25) is 0 Å². The lowest BCUT2D eigenvalue weighted by Gasteiger charge is -2.71. The number of aliphatic hydroxyl groups is 2. The van der Waals surface area contributed by atoms with Gasteiger partial charge in [-0.05, 0) is 121 Å². The average molecular weight is 635 g/mol. The standard InChI is InChI=1S/C39H54O7/c1-34(2)17-19-39(33(44)45)20-18-37(5)26(27(39)21-34)12-13-30-35(3)22-28(42)32(36(4,23-40)29(35)15-16-38(30,37)6)46-31(43)14-9-24-7-10-25(41)11-8-24/h7-12,14,27-30,32,40-42H,13,15-23H2,1-6H3,(H,44,45)/b14-9+/t27-,28+,29+,30+,32-,35-,36-,37+,38+,39-/m1/s1. The summed E-state index contributed by atoms with van der Waals surface area (Å²) >= 11 is 0. The van der Waals surface area contributed by atoms with Crippen LogP contribution in [-0.4, -0.2) is 51.2 Å². The van der Waals surface area contributed by atoms with Gasteiger partial charge in [-0.15, -0.1) is 0 Å². The Kier molecular flexibility index (Phi) is 7.92. The molecular weight excluding hydrogens is 580 g/mol. The van der Waals surface area contributed by atoms with E-state index in [-0.39, 0.29) is 51.8 Å². The Balaban J connectivity index is 1.31. The normalized spacial score (nSPS) is 44.6. The van der Waals surface area contributed by atoms with E-state index >= 15 is 0 Å². The number of hydrogen-bond acceptors (Lipinski definition) is 6. The number of allylic oxidation sites excluding steroid dienone is 2. The van der Waals surface area contributed by atoms with Gasteiger partial charge in [-0.2, -0.15) is 0 Å². The number of aliphatic hydroxyl groups excluding tert-OH is 2. The number of aliphatic carboxylic acids is 1. The molecule has 0 spiro atoms. The summed E-state index contributed by atoms with van der Waals surface area (Å²) < 4.78 is 5.98. The molecule has 1 aromatic carbocycles. The van der Waals surface area contributed by atoms with Crippen molar-refractivity contribution in [2.45, 2.75) is 112 Å². The van der Waals surface area contributed by atoms with Crippen molar-refractivity contribution in [1.29, 1.82) is 0 Å². The first-order chi connectivity index (χ1) is 21.5. The van der Waals surface area contributed by atoms with Gasteiger partial charge in [-0.3, -0.25) is 4.79 Å². The minimum Gasteiger partial charge on any atom is -0.508 e. The molecule has 252 valence electrons. The van der Waals surface area contributed by atoms with Gasteiger partial charge in [-0.25, -0.2) is 4.79 Å². The van der Waals surface area contributed by atoms with E-state index in [0.29, 0.717) is 12.8 Å². The van der Waals surface area contributed by atoms with Gasteiger partial charge in [-0.1, -0.05) is 65.3 Å². The lowest BCUT2D eigenvalue weighted by atomic mass is 9.33. The van der Waals surface area contributed by atoms with E-state index in [1.807, 2.05) is 6.92 Å². The summed E-state index contributed by atoms with van der Waals surface area (Å²) in [7, 11) is 0. The smallest absolute Gasteiger partial charge is 0.331 e. The molecular formula is C39H54O7. The quantitative estimate of drug-likeness (QED) is 0.154. The SMILES string of the molecule is CC1(C)CC[C@@]2(C(=O)O)CC[C@@]3(C)C(=CC[C@H]4[C@]5(C)C[C@H](O)[C@@H](OC(=O)/C=C/c6ccc(O)cc6)[C@](C)(CO)[C@H]5CC[C@@]43C)[C@H]2C1. The first-order valence-corrected chi connectivity index (χ1v) is 17.4. The van der Waals surface area contributed by atoms with Crippen molar-refractivity contribution < 1.29 is 34.8 Å². The Hall–Kier alpha value is -2.64. The van der Waals surface area contributed by atoms with Gasteiger partial charge < -0.3 is 25.2 Å². The topological polar surface area (TPSA) is 124 Å². The number of carboxylic acid groups (broad SMARTS) is 1. The number of hydrogen-bond donors (Lipinski definition) is 4. The largest absolute Gasteiger partial charge is 0.508 e. The summed E-state index contributed by atoms with van der Waals surface area (Å²) in [6.07, 6.45) is 10.8. The summed E-state index contributed by atoms with van der Waals surface area (Å²) in [6.45, 7) is 13.5. The molecule has 0 aromatic heterocycles. The fourth-order valence-electron chi connectivity index (χ4n) is 11.9. The molecule has 7 nitrogen and oxygen atoms in total. The molecule has 6 rings (SSSR count). The van der Waals surface area contributed by atoms with Gasteiger partial charge in [0.1, 0.15) is 11.9 Å². The number of benzene rings is 1. The van der Waals surface area contributed by atoms with E-state index in [9.17, 15) is 30.0 Å². The molecule has 0 aliphatic heterocycles. The zero-order valence-corrected chi connectivity index (χ0v) is 28.5. The molecule has 7 heteroatoms. The third kappa shape index (κ3) is 4.73. The Labute approximate surface area is 274 Å². The Bertz CT molecular complexity index is 1440. The number of phenolic OH excluding ortho intramolecular Hbond substituents is 1. The van der Waals surface area contributed by atoms with Crippen molar-refractivity contribution in [2.75, 3.05) is 6.61 Å². The first kappa shape index (κ1) is 33.3. The molecule has 46 heavy (non-hydrogen) atoms. The fraction of sp³-hybridized carbons (Fsp3) is 0.692. The number of esters is 1. The van der Waals surface area contributed by atoms with E-state index in [0.717, 1.165) is 50.5 Å². The van der Waals surface area contributed by atoms with Crippen molar-refractivity contribution in [3.63, 3.8) is 0 Å². The molecule has 5 aliphatic rings. The molecule has 0 bridgehead atoms. The number of fused-ring (bicyclic) bond motifs is 7. The first-order valence-electron chi connectivity index (χ1n) is 17.4. The average Bonchev–Trinajstić information content (AvgIpc) is 2.98. The lowest BCUT2D eigenvalue weighted by molar-refractivity contribution is -0.249. The predicted octanol–water partition coefficient (Wildman–Crippen LogP) is 7.15. The number of carbonyl (C=O) groups is 2. The molecule has 0 radical (unpaired) electrons. The summed E-state index contributed by atoms with van der Waals surface area (Å²) in [6, 6.07) is 6.49. The molecule has 10 atom stereocenters. The molecule has 0 saturated heterocycles. The van der Waals surface area contributed by atoms with Crippen LogP contribution in [0.1, 0.15) is 105 Å². The fourth-order valence-corrected chi connectivity index (χ4v) is 11.9. The highest BCUT2D eigenvalue weighted by molar-refractivity contribution is 5.87. The maximum atomic E-state index is 13.1. The highest BCUT2D eigenvalue weighted by Gasteiger charge is 2.71. The van der Waals surface area contributed by atoms with Crippen molar-refractivity contribution in [2.24, 2.45) is 50.2 Å². The van der Waals surface area contributed by atoms with Gasteiger partial charge >= 0.3 is 11.9 Å². The minimum absolute atomic E-state index is 0.0271. The number of aromatic hydroxyl groups is 1. The van der Waals surface area contributed by atoms with Crippen LogP contribution in [0.5, 0.6) is 5.75 Å². The van der Waals surface area contributed by atoms with Crippen LogP contribution in [0.2, 0.25) is 0 Å². The predicted molar refractivity (Wildman–Crippen MR) is 176 cm³/mol. The Morgan fingerprint density at radius 2 is 1.61 bits per heavy atom. The summed E-state index contributed by atoms with van der Waals surface area (Å²) in [5, 5.41) is 42.9. The molecule has 5 aliphatic carbocycles. The number of ether oxygens (including phenoxy) is 1. The molecule has 1 aromatic rings. The van der Waals surface area contributed by atoms with Crippen LogP contribution in [0, 0.1) is 50.2 Å². The van der Waals surface area contributed by atoms with Crippen molar-refractivity contribution in [3.05, 3.63) is 47.6 Å². The second-order valence-corrected chi connectivity index (χ2v) is 17.4. The highest BCUT2D eigenvalue weighted by atomic mass is 16.6. The van der Waals surface area contributed by atoms with E-state index in [1.54, 1.807) is 30.3 Å². The van der Waals surface area contributed by atoms with Crippen LogP contribution in [-0.2, 0) is 14.3 Å². The number of rotatable bonds is 5. The monoisotopic (exact) mass is 634 g/mol. The molecule has 0 heterocycles. The van der Waals surface area contributed by atoms with E-state index < -0.39 is 35.0 Å². The molecule has 0 unspecified atom stereocenters. The van der Waals surface area contributed by atoms with Crippen LogP contribution >= 0.6 is 0 Å². The van der Waals surface area contributed by atoms with Gasteiger partial charge in [0.05, 0.1) is 18.1 Å². The number of phenols is 1. The Morgan fingerprint density at radius 1 is 0.935 bits per heavy atom. The Morgan fingerprint density at radius 3 is 2.26 bits per heavy atom. The third-order valence-electron chi connectivity index (χ3n) is 14.7. The van der Waals surface area contributed by atoms with E-state index in [4.69, 9.17) is 4.74 Å². The van der Waals surface area contributed by atoms with Crippen molar-refractivity contribution >= 4 is 18.0 Å². The van der Waals surface area contributed by atoms with Crippen molar-refractivity contribution in [1.82, 2.24) is 0 Å². The second-order valence-electron chi connectivity index (χ2n) is 17.4. The maximum Gasteiger partial charge on any atom is 0.331 e. The maximum absolute atomic E-state index is 13.1. The van der Waals surface area contributed by atoms with E-state index in [1.165, 1.54) is 11.6 Å². The van der Waals surface area contributed by atoms with Gasteiger partial charge in [0.25, 0.3) is 0 Å². The van der Waals surface area contributed by atoms with Crippen LogP contribution < -0.4 is 0 Å². The van der Waals surface area contributed by atoms with Gasteiger partial charge in [0, 0.05) is 11.5 Å². The zero-order chi connectivity index (χ0) is 33.5. The molecule has 4 saturated carbocycles. The summed E-state index contributed by atoms with van der Waals surface area (Å²) in [5.41, 5.74) is 0.128. The third-order valence-corrected chi connectivity index (χ3v) is 14.7. The second kappa shape index (κ2) is 10.9. The molecule has 0 amide bonds. The molecule has 4 fully saturated rings. The minimum atomic E-state index is -0.935. The highest BCUT2D eigenvalue weighted by Crippen LogP contribution is 2.75. The molecule has 4 N–H and O–H groups in total. The van der Waals surface area contributed by atoms with Gasteiger partial charge in [0.15, 0.2) is 0 Å². The van der Waals surface area contributed by atoms with Crippen LogP contribution in [0.3, 0.4) is 0 Å². The number of carboxylic acids is 1. The summed E-state index contributed by atoms with van der Waals surface area (Å²) in [4.78, 5) is 26.0. The lowest BCUT2D eigenvalue weighted by Crippen LogP contribution is -2.68.